The fourth-order valence-corrected chi connectivity index (χ4v) is 2.88. The van der Waals surface area contributed by atoms with Crippen LogP contribution >= 0.6 is 0 Å². The summed E-state index contributed by atoms with van der Waals surface area (Å²) in [5.41, 5.74) is 4.36. The van der Waals surface area contributed by atoms with Gasteiger partial charge in [0.2, 0.25) is 0 Å². The van der Waals surface area contributed by atoms with E-state index in [0.29, 0.717) is 30.6 Å². The Morgan fingerprint density at radius 3 is 2.39 bits per heavy atom. The molecule has 1 aromatic heterocycles. The topological polar surface area (TPSA) is 42.4 Å². The average Bonchev–Trinajstić information content (AvgIpc) is 2.47. The van der Waals surface area contributed by atoms with Crippen molar-refractivity contribution in [2.45, 2.75) is 46.1 Å². The Labute approximate surface area is 138 Å². The number of nitrogens with zero attached hydrogens (tertiary/aromatic N) is 2. The monoisotopic (exact) mass is 314 g/mol. The summed E-state index contributed by atoms with van der Waals surface area (Å²) in [7, 11) is 4.01. The highest BCUT2D eigenvalue weighted by Gasteiger charge is 2.17. The van der Waals surface area contributed by atoms with Gasteiger partial charge in [-0.25, -0.2) is 0 Å². The van der Waals surface area contributed by atoms with Crippen LogP contribution in [0.3, 0.4) is 0 Å². The van der Waals surface area contributed by atoms with E-state index in [2.05, 4.69) is 38.7 Å². The summed E-state index contributed by atoms with van der Waals surface area (Å²) >= 11 is 0. The highest BCUT2D eigenvalue weighted by atomic mass is 16.5. The molecule has 0 atom stereocenters. The van der Waals surface area contributed by atoms with Crippen molar-refractivity contribution in [3.8, 4) is 5.75 Å². The zero-order valence-corrected chi connectivity index (χ0v) is 14.9. The van der Waals surface area contributed by atoms with Crippen LogP contribution in [0.1, 0.15) is 56.4 Å². The van der Waals surface area contributed by atoms with Gasteiger partial charge in [-0.3, -0.25) is 9.78 Å². The summed E-state index contributed by atoms with van der Waals surface area (Å²) < 4.78 is 5.19. The smallest absolute Gasteiger partial charge is 0.298 e. The van der Waals surface area contributed by atoms with Gasteiger partial charge in [-0.1, -0.05) is 27.7 Å². The van der Waals surface area contributed by atoms with Crippen molar-refractivity contribution in [2.75, 3.05) is 14.1 Å². The van der Waals surface area contributed by atoms with Crippen LogP contribution in [0, 0.1) is 0 Å². The fraction of sp³-hybridized carbons (Fsp3) is 0.474. The van der Waals surface area contributed by atoms with Crippen molar-refractivity contribution in [1.82, 2.24) is 9.88 Å². The highest BCUT2D eigenvalue weighted by molar-refractivity contribution is 5.86. The van der Waals surface area contributed by atoms with E-state index in [0.717, 1.165) is 22.2 Å². The summed E-state index contributed by atoms with van der Waals surface area (Å²) in [6.07, 6.45) is 0. The maximum absolute atomic E-state index is 10.8. The van der Waals surface area contributed by atoms with Crippen LogP contribution < -0.4 is 4.74 Å². The van der Waals surface area contributed by atoms with Crippen molar-refractivity contribution >= 4 is 17.4 Å². The number of carbonyl (C=O) groups is 1. The van der Waals surface area contributed by atoms with Crippen LogP contribution in [0.2, 0.25) is 0 Å². The van der Waals surface area contributed by atoms with Crippen molar-refractivity contribution in [2.24, 2.45) is 0 Å². The molecule has 1 heterocycles. The molecular formula is C19H26N2O2. The van der Waals surface area contributed by atoms with Gasteiger partial charge in [-0.15, -0.1) is 0 Å². The van der Waals surface area contributed by atoms with Gasteiger partial charge >= 0.3 is 0 Å². The Kier molecular flexibility index (Phi) is 5.37. The predicted octanol–water partition coefficient (Wildman–Crippen LogP) is 4.08. The van der Waals surface area contributed by atoms with Crippen LogP contribution in [0.15, 0.2) is 18.2 Å². The minimum Gasteiger partial charge on any atom is -0.428 e. The zero-order chi connectivity index (χ0) is 17.1. The second kappa shape index (κ2) is 7.09. The summed E-state index contributed by atoms with van der Waals surface area (Å²) in [6, 6.07) is 5.99. The molecule has 0 spiro atoms. The molecule has 0 aliphatic heterocycles. The number of carbonyl (C=O) groups excluding carboxylic acids is 1. The third kappa shape index (κ3) is 3.70. The molecule has 124 valence electrons. The second-order valence-corrected chi connectivity index (χ2v) is 6.83. The molecule has 0 unspecified atom stereocenters. The van der Waals surface area contributed by atoms with Gasteiger partial charge in [0.1, 0.15) is 5.75 Å². The van der Waals surface area contributed by atoms with Gasteiger partial charge in [-0.2, -0.15) is 0 Å². The molecule has 0 aliphatic rings. The molecule has 2 rings (SSSR count). The van der Waals surface area contributed by atoms with Crippen LogP contribution in [0.5, 0.6) is 5.75 Å². The van der Waals surface area contributed by atoms with E-state index in [-0.39, 0.29) is 0 Å². The molecule has 0 fully saturated rings. The first-order valence-corrected chi connectivity index (χ1v) is 8.06. The number of ether oxygens (including phenoxy) is 1. The third-order valence-electron chi connectivity index (χ3n) is 3.95. The molecule has 0 amide bonds. The first-order valence-electron chi connectivity index (χ1n) is 8.06. The van der Waals surface area contributed by atoms with Crippen LogP contribution in [0.25, 0.3) is 10.9 Å². The molecular weight excluding hydrogens is 288 g/mol. The lowest BCUT2D eigenvalue weighted by Crippen LogP contribution is -2.13. The predicted molar refractivity (Wildman–Crippen MR) is 94.0 cm³/mol. The van der Waals surface area contributed by atoms with Crippen molar-refractivity contribution < 1.29 is 9.53 Å². The van der Waals surface area contributed by atoms with Gasteiger partial charge in [0.15, 0.2) is 0 Å². The van der Waals surface area contributed by atoms with Gasteiger partial charge in [-0.05, 0) is 49.7 Å². The van der Waals surface area contributed by atoms with E-state index >= 15 is 0 Å². The molecule has 2 aromatic rings. The standard InChI is InChI=1S/C19H26N2O2/c1-12(2)14-9-15-16(10-21(5)6)18(23-11-22)8-7-17(15)20-19(14)13(3)4/h7-9,11-13H,10H2,1-6H3. The normalized spacial score (nSPS) is 11.7. The van der Waals surface area contributed by atoms with Gasteiger partial charge in [0.25, 0.3) is 6.47 Å². The Hall–Kier alpha value is -1.94. The molecule has 23 heavy (non-hydrogen) atoms. The van der Waals surface area contributed by atoms with Crippen LogP contribution in [-0.2, 0) is 11.3 Å². The first-order chi connectivity index (χ1) is 10.8. The molecule has 0 saturated carbocycles. The molecule has 4 nitrogen and oxygen atoms in total. The van der Waals surface area contributed by atoms with E-state index in [1.165, 1.54) is 5.56 Å². The van der Waals surface area contributed by atoms with E-state index in [1.807, 2.05) is 26.2 Å². The molecule has 0 radical (unpaired) electrons. The van der Waals surface area contributed by atoms with E-state index in [1.54, 1.807) is 0 Å². The fourth-order valence-electron chi connectivity index (χ4n) is 2.88. The highest BCUT2D eigenvalue weighted by Crippen LogP contribution is 2.33. The average molecular weight is 314 g/mol. The van der Waals surface area contributed by atoms with Crippen molar-refractivity contribution in [3.63, 3.8) is 0 Å². The largest absolute Gasteiger partial charge is 0.428 e. The Morgan fingerprint density at radius 1 is 1.17 bits per heavy atom. The number of pyridine rings is 1. The molecule has 0 bridgehead atoms. The third-order valence-corrected chi connectivity index (χ3v) is 3.95. The maximum Gasteiger partial charge on any atom is 0.298 e. The zero-order valence-electron chi connectivity index (χ0n) is 14.9. The number of benzene rings is 1. The van der Waals surface area contributed by atoms with Gasteiger partial charge < -0.3 is 9.64 Å². The quantitative estimate of drug-likeness (QED) is 0.754. The lowest BCUT2D eigenvalue weighted by molar-refractivity contribution is -0.120. The number of hydrogen-bond acceptors (Lipinski definition) is 4. The maximum atomic E-state index is 10.8. The minimum absolute atomic E-state index is 0.375. The Morgan fingerprint density at radius 2 is 1.87 bits per heavy atom. The number of rotatable bonds is 6. The lowest BCUT2D eigenvalue weighted by Gasteiger charge is -2.20. The summed E-state index contributed by atoms with van der Waals surface area (Å²) in [5.74, 6) is 1.38. The van der Waals surface area contributed by atoms with Crippen LogP contribution in [-0.4, -0.2) is 30.5 Å². The van der Waals surface area contributed by atoms with Crippen LogP contribution in [0.4, 0.5) is 0 Å². The van der Waals surface area contributed by atoms with E-state index < -0.39 is 0 Å². The molecule has 4 heteroatoms. The first kappa shape index (κ1) is 17.4. The Balaban J connectivity index is 2.77. The summed E-state index contributed by atoms with van der Waals surface area (Å²) in [4.78, 5) is 17.8. The van der Waals surface area contributed by atoms with Gasteiger partial charge in [0, 0.05) is 23.2 Å². The Bertz CT molecular complexity index is 706. The molecule has 0 aliphatic carbocycles. The molecule has 0 saturated heterocycles. The lowest BCUT2D eigenvalue weighted by atomic mass is 9.92. The van der Waals surface area contributed by atoms with E-state index in [4.69, 9.17) is 9.72 Å². The minimum atomic E-state index is 0.375. The van der Waals surface area contributed by atoms with Crippen molar-refractivity contribution in [3.05, 3.63) is 35.0 Å². The number of aromatic nitrogens is 1. The van der Waals surface area contributed by atoms with Gasteiger partial charge in [0.05, 0.1) is 5.52 Å². The SMILES string of the molecule is CC(C)c1cc2c(CN(C)C)c(OC=O)ccc2nc1C(C)C. The second-order valence-electron chi connectivity index (χ2n) is 6.83. The van der Waals surface area contributed by atoms with E-state index in [9.17, 15) is 4.79 Å². The number of fused-ring (bicyclic) bond motifs is 1. The molecule has 1 aromatic carbocycles. The van der Waals surface area contributed by atoms with Crippen molar-refractivity contribution in [1.29, 1.82) is 0 Å². The summed E-state index contributed by atoms with van der Waals surface area (Å²) in [6.45, 7) is 9.90. The number of hydrogen-bond donors (Lipinski definition) is 0. The molecule has 0 N–H and O–H groups in total. The summed E-state index contributed by atoms with van der Waals surface area (Å²) in [5, 5.41) is 1.06.